The van der Waals surface area contributed by atoms with Crippen LogP contribution in [-0.4, -0.2) is 34.5 Å². The molecule has 1 aromatic heterocycles. The summed E-state index contributed by atoms with van der Waals surface area (Å²) in [7, 11) is 0. The second kappa shape index (κ2) is 7.12. The quantitative estimate of drug-likeness (QED) is 0.540. The van der Waals surface area contributed by atoms with Crippen LogP contribution >= 0.6 is 24.2 Å². The van der Waals surface area contributed by atoms with Gasteiger partial charge in [0.2, 0.25) is 0 Å². The number of fused-ring (bicyclic) bond motifs is 1. The van der Waals surface area contributed by atoms with Crippen molar-refractivity contribution >= 4 is 41.8 Å². The highest BCUT2D eigenvalue weighted by Crippen LogP contribution is 2.46. The molecule has 1 saturated heterocycles. The summed E-state index contributed by atoms with van der Waals surface area (Å²) in [4.78, 5) is 28.4. The third-order valence-corrected chi connectivity index (χ3v) is 7.51. The van der Waals surface area contributed by atoms with Crippen LogP contribution in [0.3, 0.4) is 0 Å². The second-order valence-corrected chi connectivity index (χ2v) is 9.84. The molecule has 1 aliphatic heterocycles. The molecule has 2 aromatic rings. The molecule has 28 heavy (non-hydrogen) atoms. The highest BCUT2D eigenvalue weighted by Gasteiger charge is 2.33. The number of hydrogen-bond donors (Lipinski definition) is 2. The van der Waals surface area contributed by atoms with Gasteiger partial charge in [0.25, 0.3) is 0 Å². The van der Waals surface area contributed by atoms with Crippen LogP contribution in [0.25, 0.3) is 10.4 Å². The molecular weight excluding hydrogens is 392 g/mol. The first-order valence-corrected chi connectivity index (χ1v) is 10.8. The van der Waals surface area contributed by atoms with Gasteiger partial charge in [-0.15, -0.1) is 11.3 Å². The van der Waals surface area contributed by atoms with E-state index in [9.17, 15) is 14.7 Å². The minimum atomic E-state index is -0.884. The first kappa shape index (κ1) is 19.3. The van der Waals surface area contributed by atoms with Gasteiger partial charge in [-0.05, 0) is 42.7 Å². The molecule has 2 heterocycles. The van der Waals surface area contributed by atoms with Crippen LogP contribution in [0.2, 0.25) is 0 Å². The molecule has 0 saturated carbocycles. The number of aryl methyl sites for hydroxylation is 1. The summed E-state index contributed by atoms with van der Waals surface area (Å²) in [6.45, 7) is 5.59. The minimum Gasteiger partial charge on any atom is -0.478 e. The largest absolute Gasteiger partial charge is 0.478 e. The number of carbonyl (C=O) groups excluding carboxylic acids is 1. The van der Waals surface area contributed by atoms with E-state index in [1.165, 1.54) is 9.18 Å². The van der Waals surface area contributed by atoms with Crippen LogP contribution in [-0.2, 0) is 12.8 Å². The number of carboxylic acids is 1. The molecule has 7 heteroatoms. The summed E-state index contributed by atoms with van der Waals surface area (Å²) >= 11 is 5.79. The van der Waals surface area contributed by atoms with E-state index in [2.05, 4.69) is 26.7 Å². The molecule has 0 radical (unpaired) electrons. The molecule has 2 amide bonds. The predicted octanol–water partition coefficient (Wildman–Crippen LogP) is 5.11. The van der Waals surface area contributed by atoms with Crippen molar-refractivity contribution < 1.29 is 14.7 Å². The van der Waals surface area contributed by atoms with E-state index in [4.69, 9.17) is 0 Å². The fourth-order valence-corrected chi connectivity index (χ4v) is 5.66. The van der Waals surface area contributed by atoms with E-state index >= 15 is 0 Å². The minimum absolute atomic E-state index is 0.174. The van der Waals surface area contributed by atoms with Gasteiger partial charge in [0.1, 0.15) is 0 Å². The van der Waals surface area contributed by atoms with Gasteiger partial charge >= 0.3 is 12.0 Å². The summed E-state index contributed by atoms with van der Waals surface area (Å²) in [6, 6.07) is 7.42. The van der Waals surface area contributed by atoms with E-state index in [1.54, 1.807) is 16.2 Å². The number of thiophene rings is 1. The Labute approximate surface area is 174 Å². The van der Waals surface area contributed by atoms with E-state index < -0.39 is 5.97 Å². The van der Waals surface area contributed by atoms with Gasteiger partial charge < -0.3 is 5.11 Å². The summed E-state index contributed by atoms with van der Waals surface area (Å²) in [5.74, 6) is -0.884. The molecule has 2 aliphatic rings. The van der Waals surface area contributed by atoms with Gasteiger partial charge in [-0.25, -0.2) is 9.59 Å². The number of carbonyl (C=O) groups is 2. The van der Waals surface area contributed by atoms with Crippen molar-refractivity contribution in [2.24, 2.45) is 5.41 Å². The smallest absolute Gasteiger partial charge is 0.337 e. The molecule has 148 valence electrons. The lowest BCUT2D eigenvalue weighted by atomic mass is 9.84. The average Bonchev–Trinajstić information content (AvgIpc) is 3.14. The Morgan fingerprint density at radius 1 is 1.18 bits per heavy atom. The number of para-hydroxylation sites is 1. The average molecular weight is 417 g/mol. The van der Waals surface area contributed by atoms with Gasteiger partial charge in [0, 0.05) is 17.0 Å². The van der Waals surface area contributed by atoms with Crippen molar-refractivity contribution in [1.29, 1.82) is 0 Å². The van der Waals surface area contributed by atoms with Gasteiger partial charge in [-0.2, -0.15) is 0 Å². The van der Waals surface area contributed by atoms with Crippen molar-refractivity contribution in [1.82, 2.24) is 4.31 Å². The lowest BCUT2D eigenvalue weighted by molar-refractivity contribution is 0.0697. The summed E-state index contributed by atoms with van der Waals surface area (Å²) in [5.41, 5.74) is 3.19. The molecule has 0 bridgehead atoms. The van der Waals surface area contributed by atoms with Crippen LogP contribution in [0.15, 0.2) is 24.3 Å². The Balaban J connectivity index is 1.84. The Bertz CT molecular complexity index is 951. The van der Waals surface area contributed by atoms with Crippen molar-refractivity contribution in [3.63, 3.8) is 0 Å². The summed E-state index contributed by atoms with van der Waals surface area (Å²) in [6.07, 6.45) is 3.73. The highest BCUT2D eigenvalue weighted by molar-refractivity contribution is 7.78. The van der Waals surface area contributed by atoms with Crippen molar-refractivity contribution in [2.45, 2.75) is 39.5 Å². The maximum atomic E-state index is 12.5. The molecule has 1 aromatic carbocycles. The van der Waals surface area contributed by atoms with E-state index in [0.29, 0.717) is 18.7 Å². The third-order valence-electron chi connectivity index (χ3n) is 5.81. The van der Waals surface area contributed by atoms with Crippen LogP contribution in [0, 0.1) is 5.41 Å². The Hall–Kier alpha value is -1.99. The zero-order valence-corrected chi connectivity index (χ0v) is 17.8. The molecule has 0 spiro atoms. The number of aromatic carboxylic acids is 1. The van der Waals surface area contributed by atoms with Crippen molar-refractivity contribution in [3.8, 4) is 10.4 Å². The van der Waals surface area contributed by atoms with Crippen molar-refractivity contribution in [3.05, 3.63) is 40.3 Å². The summed E-state index contributed by atoms with van der Waals surface area (Å²) < 4.78 is 1.39. The van der Waals surface area contributed by atoms with Gasteiger partial charge in [0.15, 0.2) is 0 Å². The van der Waals surface area contributed by atoms with Crippen molar-refractivity contribution in [2.75, 3.05) is 18.0 Å². The van der Waals surface area contributed by atoms with Crippen LogP contribution in [0.4, 0.5) is 10.5 Å². The zero-order chi connectivity index (χ0) is 20.1. The first-order chi connectivity index (χ1) is 13.3. The van der Waals surface area contributed by atoms with Gasteiger partial charge in [0.05, 0.1) is 22.7 Å². The SMILES string of the molecule is CC1(C)CCc2sc(-c3ccccc3N3CCN(S)C3=O)c(C(=O)O)c2CC1. The summed E-state index contributed by atoms with van der Waals surface area (Å²) in [5, 5.41) is 10.0. The molecule has 0 unspecified atom stereocenters. The number of urea groups is 1. The normalized spacial score (nSPS) is 18.9. The standard InChI is InChI=1S/C21H24N2O3S2/c1-21(2)9-7-14-16(8-10-21)28-18(17(14)19(24)25)13-5-3-4-6-15(13)22-11-12-23(27)20(22)26/h3-6,27H,7-12H2,1-2H3,(H,24,25). The first-order valence-electron chi connectivity index (χ1n) is 9.53. The van der Waals surface area contributed by atoms with E-state index in [0.717, 1.165) is 47.4 Å². The second-order valence-electron chi connectivity index (χ2n) is 8.25. The lowest BCUT2D eigenvalue weighted by Crippen LogP contribution is -2.27. The fourth-order valence-electron chi connectivity index (χ4n) is 4.08. The van der Waals surface area contributed by atoms with E-state index in [-0.39, 0.29) is 11.4 Å². The molecule has 1 N–H and O–H groups in total. The molecule has 0 atom stereocenters. The zero-order valence-electron chi connectivity index (χ0n) is 16.1. The number of rotatable bonds is 3. The van der Waals surface area contributed by atoms with Crippen LogP contribution < -0.4 is 4.90 Å². The number of carboxylic acid groups (broad SMARTS) is 1. The number of amides is 2. The molecular formula is C21H24N2O3S2. The highest BCUT2D eigenvalue weighted by atomic mass is 32.1. The number of hydrogen-bond acceptors (Lipinski definition) is 4. The van der Waals surface area contributed by atoms with Crippen LogP contribution in [0.5, 0.6) is 0 Å². The third kappa shape index (κ3) is 3.31. The molecule has 1 fully saturated rings. The maximum Gasteiger partial charge on any atom is 0.337 e. The number of nitrogens with zero attached hydrogens (tertiary/aromatic N) is 2. The fraction of sp³-hybridized carbons (Fsp3) is 0.429. The van der Waals surface area contributed by atoms with Gasteiger partial charge in [-0.1, -0.05) is 44.9 Å². The maximum absolute atomic E-state index is 12.5. The van der Waals surface area contributed by atoms with Crippen LogP contribution in [0.1, 0.15) is 47.5 Å². The topological polar surface area (TPSA) is 60.9 Å². The predicted molar refractivity (Wildman–Crippen MR) is 116 cm³/mol. The molecule has 1 aliphatic carbocycles. The Morgan fingerprint density at radius 2 is 1.89 bits per heavy atom. The van der Waals surface area contributed by atoms with E-state index in [1.807, 2.05) is 24.3 Å². The number of anilines is 1. The molecule has 5 nitrogen and oxygen atoms in total. The lowest BCUT2D eigenvalue weighted by Gasteiger charge is -2.22. The number of thiol groups is 1. The Kier molecular flexibility index (Phi) is 4.91. The van der Waals surface area contributed by atoms with Gasteiger partial charge in [-0.3, -0.25) is 9.21 Å². The molecule has 4 rings (SSSR count). The monoisotopic (exact) mass is 416 g/mol. The Morgan fingerprint density at radius 3 is 2.57 bits per heavy atom. The number of benzene rings is 1.